The van der Waals surface area contributed by atoms with E-state index >= 15 is 0 Å². The molecule has 2 atom stereocenters. The van der Waals surface area contributed by atoms with E-state index in [1.165, 1.54) is 51.7 Å². The summed E-state index contributed by atoms with van der Waals surface area (Å²) < 4.78 is 5.91. The van der Waals surface area contributed by atoms with Crippen LogP contribution in [-0.4, -0.2) is 49.3 Å². The van der Waals surface area contributed by atoms with E-state index in [1.54, 1.807) is 0 Å². The molecule has 2 aliphatic rings. The second-order valence-corrected chi connectivity index (χ2v) is 5.88. The minimum absolute atomic E-state index is 0.133. The summed E-state index contributed by atoms with van der Waals surface area (Å²) in [6, 6.07) is 0.718. The third-order valence-corrected chi connectivity index (χ3v) is 4.23. The van der Waals surface area contributed by atoms with Gasteiger partial charge in [0.1, 0.15) is 0 Å². The van der Waals surface area contributed by atoms with Crippen LogP contribution in [0.4, 0.5) is 0 Å². The summed E-state index contributed by atoms with van der Waals surface area (Å²) in [7, 11) is 0. The zero-order valence-electron chi connectivity index (χ0n) is 11.5. The lowest BCUT2D eigenvalue weighted by Gasteiger charge is -2.34. The Bertz CT molecular complexity index is 226. The van der Waals surface area contributed by atoms with Gasteiger partial charge in [0.15, 0.2) is 0 Å². The lowest BCUT2D eigenvalue weighted by atomic mass is 10.0. The summed E-state index contributed by atoms with van der Waals surface area (Å²) in [6.45, 7) is 10.3. The van der Waals surface area contributed by atoms with Crippen molar-refractivity contribution < 1.29 is 4.74 Å². The van der Waals surface area contributed by atoms with Crippen molar-refractivity contribution in [1.82, 2.24) is 10.2 Å². The van der Waals surface area contributed by atoms with Crippen LogP contribution in [0.2, 0.25) is 0 Å². The molecule has 1 N–H and O–H groups in total. The maximum atomic E-state index is 5.91. The maximum absolute atomic E-state index is 5.91. The van der Waals surface area contributed by atoms with Gasteiger partial charge >= 0.3 is 0 Å². The van der Waals surface area contributed by atoms with E-state index in [1.807, 2.05) is 0 Å². The molecule has 3 nitrogen and oxygen atoms in total. The topological polar surface area (TPSA) is 24.5 Å². The molecule has 2 unspecified atom stereocenters. The van der Waals surface area contributed by atoms with E-state index in [9.17, 15) is 0 Å². The molecule has 2 fully saturated rings. The van der Waals surface area contributed by atoms with Gasteiger partial charge < -0.3 is 15.0 Å². The van der Waals surface area contributed by atoms with Gasteiger partial charge in [-0.2, -0.15) is 0 Å². The molecule has 2 rings (SSSR count). The first-order valence-electron chi connectivity index (χ1n) is 7.31. The molecule has 17 heavy (non-hydrogen) atoms. The Labute approximate surface area is 106 Å². The zero-order valence-corrected chi connectivity index (χ0v) is 11.5. The van der Waals surface area contributed by atoms with E-state index in [0.29, 0.717) is 0 Å². The van der Waals surface area contributed by atoms with Gasteiger partial charge in [0.2, 0.25) is 0 Å². The molecule has 0 aromatic rings. The number of nitrogens with one attached hydrogen (secondary N) is 1. The number of rotatable bonds is 3. The monoisotopic (exact) mass is 240 g/mol. The van der Waals surface area contributed by atoms with Crippen molar-refractivity contribution in [3.63, 3.8) is 0 Å². The first kappa shape index (κ1) is 13.3. The minimum Gasteiger partial charge on any atom is -0.374 e. The fraction of sp³-hybridized carbons (Fsp3) is 1.00. The number of hydrogen-bond donors (Lipinski definition) is 1. The van der Waals surface area contributed by atoms with Crippen molar-refractivity contribution >= 4 is 0 Å². The van der Waals surface area contributed by atoms with Gasteiger partial charge in [-0.3, -0.25) is 0 Å². The first-order chi connectivity index (χ1) is 8.22. The molecule has 2 aliphatic heterocycles. The molecular formula is C14H28N2O. The van der Waals surface area contributed by atoms with E-state index in [4.69, 9.17) is 4.74 Å². The third-order valence-electron chi connectivity index (χ3n) is 4.23. The van der Waals surface area contributed by atoms with Crippen molar-refractivity contribution in [2.75, 3.05) is 32.8 Å². The van der Waals surface area contributed by atoms with Gasteiger partial charge in [0, 0.05) is 19.2 Å². The Hall–Kier alpha value is -0.120. The number of nitrogens with zero attached hydrogens (tertiary/aromatic N) is 1. The van der Waals surface area contributed by atoms with Crippen molar-refractivity contribution in [2.24, 2.45) is 0 Å². The Morgan fingerprint density at radius 3 is 2.94 bits per heavy atom. The van der Waals surface area contributed by atoms with Crippen LogP contribution in [0.3, 0.4) is 0 Å². The van der Waals surface area contributed by atoms with Crippen molar-refractivity contribution in [2.45, 2.75) is 57.6 Å². The lowest BCUT2D eigenvalue weighted by Crippen LogP contribution is -2.45. The Kier molecular flexibility index (Phi) is 4.83. The van der Waals surface area contributed by atoms with Crippen LogP contribution < -0.4 is 5.32 Å². The normalized spacial score (nSPS) is 36.7. The molecule has 0 aromatic carbocycles. The molecule has 0 aromatic heterocycles. The Morgan fingerprint density at radius 1 is 1.35 bits per heavy atom. The van der Waals surface area contributed by atoms with Crippen molar-refractivity contribution in [1.29, 1.82) is 0 Å². The summed E-state index contributed by atoms with van der Waals surface area (Å²) in [5.41, 5.74) is 0.133. The first-order valence-corrected chi connectivity index (χ1v) is 7.31. The predicted octanol–water partition coefficient (Wildman–Crippen LogP) is 2.02. The van der Waals surface area contributed by atoms with Gasteiger partial charge in [0.05, 0.1) is 5.60 Å². The highest BCUT2D eigenvalue weighted by Crippen LogP contribution is 2.26. The molecule has 0 spiro atoms. The summed E-state index contributed by atoms with van der Waals surface area (Å²) in [6.07, 6.45) is 6.28. The fourth-order valence-corrected chi connectivity index (χ4v) is 3.10. The average molecular weight is 240 g/mol. The molecule has 3 heteroatoms. The van der Waals surface area contributed by atoms with Crippen LogP contribution in [0.5, 0.6) is 0 Å². The smallest absolute Gasteiger partial charge is 0.0781 e. The highest BCUT2D eigenvalue weighted by molar-refractivity contribution is 4.85. The minimum atomic E-state index is 0.133. The second-order valence-electron chi connectivity index (χ2n) is 5.88. The molecule has 0 amide bonds. The largest absolute Gasteiger partial charge is 0.374 e. The fourth-order valence-electron chi connectivity index (χ4n) is 3.10. The van der Waals surface area contributed by atoms with Crippen molar-refractivity contribution in [3.05, 3.63) is 0 Å². The van der Waals surface area contributed by atoms with E-state index < -0.39 is 0 Å². The maximum Gasteiger partial charge on any atom is 0.0781 e. The SMILES string of the molecule is CCC1CCN(CC2(C)CCCO2)CCCN1. The molecular weight excluding hydrogens is 212 g/mol. The lowest BCUT2D eigenvalue weighted by molar-refractivity contribution is -0.0108. The number of hydrogen-bond acceptors (Lipinski definition) is 3. The highest BCUT2D eigenvalue weighted by atomic mass is 16.5. The molecule has 0 saturated carbocycles. The van der Waals surface area contributed by atoms with Crippen LogP contribution in [0.25, 0.3) is 0 Å². The molecule has 2 heterocycles. The molecule has 0 aliphatic carbocycles. The number of ether oxygens (including phenoxy) is 1. The van der Waals surface area contributed by atoms with Crippen LogP contribution in [0.15, 0.2) is 0 Å². The van der Waals surface area contributed by atoms with Gasteiger partial charge in [0.25, 0.3) is 0 Å². The standard InChI is InChI=1S/C14H28N2O/c1-3-13-6-10-16(9-5-8-15-13)12-14(2)7-4-11-17-14/h13,15H,3-12H2,1-2H3. The van der Waals surface area contributed by atoms with Crippen molar-refractivity contribution in [3.8, 4) is 0 Å². The second kappa shape index (κ2) is 6.17. The molecule has 0 bridgehead atoms. The van der Waals surface area contributed by atoms with Gasteiger partial charge in [-0.15, -0.1) is 0 Å². The third kappa shape index (κ3) is 3.94. The molecule has 100 valence electrons. The van der Waals surface area contributed by atoms with Crippen LogP contribution >= 0.6 is 0 Å². The van der Waals surface area contributed by atoms with Gasteiger partial charge in [-0.25, -0.2) is 0 Å². The highest BCUT2D eigenvalue weighted by Gasteiger charge is 2.32. The molecule has 0 radical (unpaired) electrons. The predicted molar refractivity (Wildman–Crippen MR) is 71.3 cm³/mol. The quantitative estimate of drug-likeness (QED) is 0.817. The van der Waals surface area contributed by atoms with E-state index in [2.05, 4.69) is 24.1 Å². The Balaban J connectivity index is 1.82. The van der Waals surface area contributed by atoms with E-state index in [-0.39, 0.29) is 5.60 Å². The van der Waals surface area contributed by atoms with Crippen LogP contribution in [0.1, 0.15) is 46.0 Å². The summed E-state index contributed by atoms with van der Waals surface area (Å²) in [5.74, 6) is 0. The summed E-state index contributed by atoms with van der Waals surface area (Å²) in [5, 5.41) is 3.64. The van der Waals surface area contributed by atoms with Crippen LogP contribution in [0, 0.1) is 0 Å². The van der Waals surface area contributed by atoms with Crippen LogP contribution in [-0.2, 0) is 4.74 Å². The van der Waals surface area contributed by atoms with Gasteiger partial charge in [-0.1, -0.05) is 6.92 Å². The average Bonchev–Trinajstić information content (AvgIpc) is 2.70. The summed E-state index contributed by atoms with van der Waals surface area (Å²) in [4.78, 5) is 2.62. The zero-order chi connectivity index (χ0) is 12.1. The molecule has 2 saturated heterocycles. The Morgan fingerprint density at radius 2 is 2.24 bits per heavy atom. The summed E-state index contributed by atoms with van der Waals surface area (Å²) >= 11 is 0. The van der Waals surface area contributed by atoms with E-state index in [0.717, 1.165) is 19.2 Å². The van der Waals surface area contributed by atoms with Gasteiger partial charge in [-0.05, 0) is 58.7 Å².